The number of fused-ring (bicyclic) bond motifs is 1. The second kappa shape index (κ2) is 7.93. The van der Waals surface area contributed by atoms with Crippen LogP contribution in [0.15, 0.2) is 65.8 Å². The number of aromatic nitrogens is 1. The number of thioether (sulfide) groups is 1. The van der Waals surface area contributed by atoms with Crippen molar-refractivity contribution in [2.75, 3.05) is 11.1 Å². The van der Waals surface area contributed by atoms with Crippen LogP contribution < -0.4 is 5.32 Å². The van der Waals surface area contributed by atoms with E-state index in [1.165, 1.54) is 12.1 Å². The van der Waals surface area contributed by atoms with Gasteiger partial charge in [0.05, 0.1) is 0 Å². The van der Waals surface area contributed by atoms with Crippen LogP contribution in [0.25, 0.3) is 10.8 Å². The number of nitrogens with one attached hydrogen (secondary N) is 1. The smallest absolute Gasteiger partial charge is 0.224 e. The van der Waals surface area contributed by atoms with Gasteiger partial charge in [-0.2, -0.15) is 0 Å². The Morgan fingerprint density at radius 2 is 1.96 bits per heavy atom. The molecule has 24 heavy (non-hydrogen) atoms. The van der Waals surface area contributed by atoms with Crippen LogP contribution in [0.5, 0.6) is 0 Å². The van der Waals surface area contributed by atoms with Crippen molar-refractivity contribution in [3.8, 4) is 0 Å². The minimum Gasteiger partial charge on any atom is -0.326 e. The molecule has 3 rings (SSSR count). The summed E-state index contributed by atoms with van der Waals surface area (Å²) < 4.78 is 12.8. The third kappa shape index (κ3) is 4.32. The highest BCUT2D eigenvalue weighted by molar-refractivity contribution is 7.99. The average molecular weight is 340 g/mol. The maximum atomic E-state index is 12.8. The highest BCUT2D eigenvalue weighted by atomic mass is 32.2. The van der Waals surface area contributed by atoms with Crippen LogP contribution in [0.3, 0.4) is 0 Å². The minimum atomic E-state index is -0.232. The number of nitrogens with zero attached hydrogens (tertiary/aromatic N) is 1. The van der Waals surface area contributed by atoms with Gasteiger partial charge in [-0.25, -0.2) is 4.39 Å². The average Bonchev–Trinajstić information content (AvgIpc) is 2.61. The number of anilines is 1. The topological polar surface area (TPSA) is 42.0 Å². The molecule has 0 aliphatic carbocycles. The molecule has 5 heteroatoms. The van der Waals surface area contributed by atoms with E-state index in [1.807, 2.05) is 24.3 Å². The van der Waals surface area contributed by atoms with Gasteiger partial charge in [-0.1, -0.05) is 12.1 Å². The largest absolute Gasteiger partial charge is 0.326 e. The molecule has 0 radical (unpaired) electrons. The third-order valence-electron chi connectivity index (χ3n) is 3.59. The molecule has 0 aliphatic heterocycles. The first-order chi connectivity index (χ1) is 11.7. The molecule has 3 nitrogen and oxygen atoms in total. The van der Waals surface area contributed by atoms with E-state index in [-0.39, 0.29) is 11.7 Å². The van der Waals surface area contributed by atoms with Crippen molar-refractivity contribution < 1.29 is 9.18 Å². The standard InChI is InChI=1S/C19H17FN2OS/c20-15-6-8-16(9-7-15)24-12-2-5-19(23)22-18-4-1-3-14-13-21-11-10-17(14)18/h1,3-4,6-11,13H,2,5,12H2,(H,22,23). The molecular formula is C19H17FN2OS. The molecule has 0 saturated heterocycles. The summed E-state index contributed by atoms with van der Waals surface area (Å²) >= 11 is 1.63. The van der Waals surface area contributed by atoms with E-state index < -0.39 is 0 Å². The Labute approximate surface area is 144 Å². The number of carbonyl (C=O) groups excluding carboxylic acids is 1. The number of halogens is 1. The number of benzene rings is 2. The predicted octanol–water partition coefficient (Wildman–Crippen LogP) is 4.88. The first kappa shape index (κ1) is 16.5. The highest BCUT2D eigenvalue weighted by Crippen LogP contribution is 2.23. The lowest BCUT2D eigenvalue weighted by Gasteiger charge is -2.08. The van der Waals surface area contributed by atoms with Crippen LogP contribution in [0.1, 0.15) is 12.8 Å². The molecule has 1 aromatic heterocycles. The minimum absolute atomic E-state index is 0.000909. The zero-order valence-electron chi connectivity index (χ0n) is 13.0. The molecule has 1 N–H and O–H groups in total. The number of carbonyl (C=O) groups is 1. The summed E-state index contributed by atoms with van der Waals surface area (Å²) in [6.07, 6.45) is 4.72. The third-order valence-corrected chi connectivity index (χ3v) is 4.68. The Balaban J connectivity index is 1.49. The van der Waals surface area contributed by atoms with Crippen LogP contribution in [0.2, 0.25) is 0 Å². The lowest BCUT2D eigenvalue weighted by atomic mass is 10.1. The number of hydrogen-bond donors (Lipinski definition) is 1. The van der Waals surface area contributed by atoms with Crippen molar-refractivity contribution in [1.82, 2.24) is 4.98 Å². The maximum absolute atomic E-state index is 12.8. The Morgan fingerprint density at radius 3 is 2.79 bits per heavy atom. The summed E-state index contributed by atoms with van der Waals surface area (Å²) in [6, 6.07) is 14.1. The fourth-order valence-electron chi connectivity index (χ4n) is 2.40. The lowest BCUT2D eigenvalue weighted by molar-refractivity contribution is -0.116. The van der Waals surface area contributed by atoms with E-state index in [0.717, 1.165) is 33.5 Å². The normalized spacial score (nSPS) is 10.7. The molecule has 122 valence electrons. The van der Waals surface area contributed by atoms with Gasteiger partial charge in [0.15, 0.2) is 0 Å². The predicted molar refractivity (Wildman–Crippen MR) is 96.7 cm³/mol. The number of hydrogen-bond acceptors (Lipinski definition) is 3. The molecular weight excluding hydrogens is 323 g/mol. The molecule has 0 fully saturated rings. The molecule has 0 spiro atoms. The first-order valence-corrected chi connectivity index (χ1v) is 8.72. The summed E-state index contributed by atoms with van der Waals surface area (Å²) in [7, 11) is 0. The summed E-state index contributed by atoms with van der Waals surface area (Å²) in [6.45, 7) is 0. The van der Waals surface area contributed by atoms with E-state index >= 15 is 0 Å². The molecule has 0 bridgehead atoms. The number of rotatable bonds is 6. The Kier molecular flexibility index (Phi) is 5.43. The van der Waals surface area contributed by atoms with Crippen molar-refractivity contribution >= 4 is 34.1 Å². The molecule has 3 aromatic rings. The first-order valence-electron chi connectivity index (χ1n) is 7.73. The fraction of sp³-hybridized carbons (Fsp3) is 0.158. The van der Waals surface area contributed by atoms with Gasteiger partial charge < -0.3 is 5.32 Å². The van der Waals surface area contributed by atoms with Gasteiger partial charge in [-0.15, -0.1) is 11.8 Å². The van der Waals surface area contributed by atoms with Crippen LogP contribution in [0.4, 0.5) is 10.1 Å². The van der Waals surface area contributed by atoms with Gasteiger partial charge in [0, 0.05) is 40.2 Å². The SMILES string of the molecule is O=C(CCCSc1ccc(F)cc1)Nc1cccc2cnccc12. The summed E-state index contributed by atoms with van der Waals surface area (Å²) in [5.41, 5.74) is 0.811. The van der Waals surface area contributed by atoms with E-state index in [1.54, 1.807) is 36.3 Å². The van der Waals surface area contributed by atoms with Gasteiger partial charge in [0.2, 0.25) is 5.91 Å². The molecule has 1 heterocycles. The zero-order valence-corrected chi connectivity index (χ0v) is 13.9. The van der Waals surface area contributed by atoms with Gasteiger partial charge in [0.1, 0.15) is 5.82 Å². The Hall–Kier alpha value is -2.40. The molecule has 2 aromatic carbocycles. The number of pyridine rings is 1. The van der Waals surface area contributed by atoms with E-state index in [0.29, 0.717) is 6.42 Å². The molecule has 0 atom stereocenters. The zero-order chi connectivity index (χ0) is 16.8. The lowest BCUT2D eigenvalue weighted by Crippen LogP contribution is -2.11. The monoisotopic (exact) mass is 340 g/mol. The Bertz CT molecular complexity index is 831. The molecule has 0 saturated carbocycles. The van der Waals surface area contributed by atoms with Gasteiger partial charge in [-0.3, -0.25) is 9.78 Å². The van der Waals surface area contributed by atoms with Crippen LogP contribution >= 0.6 is 11.8 Å². The van der Waals surface area contributed by atoms with Crippen molar-refractivity contribution in [3.05, 3.63) is 66.7 Å². The maximum Gasteiger partial charge on any atom is 0.224 e. The van der Waals surface area contributed by atoms with Gasteiger partial charge in [-0.05, 0) is 48.6 Å². The summed E-state index contributed by atoms with van der Waals surface area (Å²) in [4.78, 5) is 17.2. The molecule has 1 amide bonds. The highest BCUT2D eigenvalue weighted by Gasteiger charge is 2.06. The second-order valence-corrected chi connectivity index (χ2v) is 6.52. The quantitative estimate of drug-likeness (QED) is 0.513. The van der Waals surface area contributed by atoms with E-state index in [9.17, 15) is 9.18 Å². The summed E-state index contributed by atoms with van der Waals surface area (Å²) in [5, 5.41) is 4.96. The number of amides is 1. The van der Waals surface area contributed by atoms with Crippen LogP contribution in [-0.2, 0) is 4.79 Å². The van der Waals surface area contributed by atoms with E-state index in [4.69, 9.17) is 0 Å². The van der Waals surface area contributed by atoms with Crippen molar-refractivity contribution in [1.29, 1.82) is 0 Å². The van der Waals surface area contributed by atoms with Crippen LogP contribution in [-0.4, -0.2) is 16.6 Å². The van der Waals surface area contributed by atoms with Gasteiger partial charge >= 0.3 is 0 Å². The van der Waals surface area contributed by atoms with Crippen LogP contribution in [0, 0.1) is 5.82 Å². The van der Waals surface area contributed by atoms with Crippen molar-refractivity contribution in [3.63, 3.8) is 0 Å². The van der Waals surface area contributed by atoms with E-state index in [2.05, 4.69) is 10.3 Å². The van der Waals surface area contributed by atoms with Crippen molar-refractivity contribution in [2.45, 2.75) is 17.7 Å². The Morgan fingerprint density at radius 1 is 1.12 bits per heavy atom. The molecule has 0 aliphatic rings. The summed E-state index contributed by atoms with van der Waals surface area (Å²) in [5.74, 6) is 0.585. The fourth-order valence-corrected chi connectivity index (χ4v) is 3.25. The van der Waals surface area contributed by atoms with Crippen molar-refractivity contribution in [2.24, 2.45) is 0 Å². The second-order valence-electron chi connectivity index (χ2n) is 5.36. The molecule has 0 unspecified atom stereocenters. The van der Waals surface area contributed by atoms with Gasteiger partial charge in [0.25, 0.3) is 0 Å².